The van der Waals surface area contributed by atoms with Gasteiger partial charge in [0.1, 0.15) is 0 Å². The molecule has 10 rings (SSSR count). The van der Waals surface area contributed by atoms with Crippen molar-refractivity contribution in [1.82, 2.24) is 4.57 Å². The van der Waals surface area contributed by atoms with Crippen molar-refractivity contribution in [3.63, 3.8) is 0 Å². The first-order chi connectivity index (χ1) is 24.3. The molecular formula is C46H30N2S. The molecule has 0 amide bonds. The molecule has 3 heteroatoms. The molecule has 0 aliphatic carbocycles. The predicted molar refractivity (Wildman–Crippen MR) is 211 cm³/mol. The SMILES string of the molecule is c1ccc(-c2ccccc2N(c2ccc3c(c2)c2ccccc2n3-c2ccccc2)c2cccc3ccc4sc5ccccc5c4c23)cc1. The standard InChI is InChI=1S/C46H30N2S/c1-3-14-31(15-4-1)35-19-7-10-22-39(35)48(42-24-13-16-32-26-29-44-46(45(32)42)37-21-9-12-25-43(37)49-44)34-27-28-41-38(30-34)36-20-8-11-23-40(36)47(41)33-17-5-2-6-18-33/h1-30H. The molecule has 0 bridgehead atoms. The van der Waals surface area contributed by atoms with Crippen LogP contribution in [0.1, 0.15) is 0 Å². The summed E-state index contributed by atoms with van der Waals surface area (Å²) >= 11 is 1.87. The number of hydrogen-bond acceptors (Lipinski definition) is 2. The van der Waals surface area contributed by atoms with Crippen LogP contribution in [0.15, 0.2) is 182 Å². The molecule has 0 spiro atoms. The van der Waals surface area contributed by atoms with E-state index in [-0.39, 0.29) is 0 Å². The average Bonchev–Trinajstić information content (AvgIpc) is 3.72. The van der Waals surface area contributed by atoms with Crippen molar-refractivity contribution in [2.75, 3.05) is 4.90 Å². The predicted octanol–water partition coefficient (Wildman–Crippen LogP) is 13.4. The van der Waals surface area contributed by atoms with Gasteiger partial charge in [0.2, 0.25) is 0 Å². The van der Waals surface area contributed by atoms with Crippen LogP contribution in [0.3, 0.4) is 0 Å². The van der Waals surface area contributed by atoms with E-state index in [9.17, 15) is 0 Å². The van der Waals surface area contributed by atoms with Gasteiger partial charge in [0.05, 0.1) is 22.4 Å². The van der Waals surface area contributed by atoms with Crippen LogP contribution in [0.25, 0.3) is 69.6 Å². The molecule has 0 fully saturated rings. The monoisotopic (exact) mass is 642 g/mol. The van der Waals surface area contributed by atoms with Crippen LogP contribution in [-0.2, 0) is 0 Å². The van der Waals surface area contributed by atoms with Crippen LogP contribution in [0.4, 0.5) is 17.1 Å². The Labute approximate surface area is 288 Å². The maximum atomic E-state index is 2.49. The molecule has 230 valence electrons. The molecule has 0 saturated carbocycles. The van der Waals surface area contributed by atoms with Gasteiger partial charge in [0.25, 0.3) is 0 Å². The van der Waals surface area contributed by atoms with Gasteiger partial charge in [0.15, 0.2) is 0 Å². The number of benzene rings is 8. The van der Waals surface area contributed by atoms with Gasteiger partial charge in [-0.3, -0.25) is 0 Å². The van der Waals surface area contributed by atoms with E-state index in [4.69, 9.17) is 0 Å². The fourth-order valence-electron chi connectivity index (χ4n) is 7.65. The molecule has 2 heterocycles. The van der Waals surface area contributed by atoms with Crippen molar-refractivity contribution in [2.45, 2.75) is 0 Å². The third kappa shape index (κ3) is 4.40. The van der Waals surface area contributed by atoms with E-state index >= 15 is 0 Å². The Hall–Kier alpha value is -6.16. The van der Waals surface area contributed by atoms with Gasteiger partial charge in [-0.15, -0.1) is 11.3 Å². The van der Waals surface area contributed by atoms with Crippen molar-refractivity contribution in [3.8, 4) is 16.8 Å². The number of nitrogens with zero attached hydrogens (tertiary/aromatic N) is 2. The smallest absolute Gasteiger partial charge is 0.0547 e. The summed E-state index contributed by atoms with van der Waals surface area (Å²) in [7, 11) is 0. The van der Waals surface area contributed by atoms with Gasteiger partial charge >= 0.3 is 0 Å². The van der Waals surface area contributed by atoms with Crippen molar-refractivity contribution in [3.05, 3.63) is 182 Å². The molecule has 49 heavy (non-hydrogen) atoms. The summed E-state index contributed by atoms with van der Waals surface area (Å²) in [5.41, 5.74) is 9.37. The Morgan fingerprint density at radius 3 is 2.00 bits per heavy atom. The summed E-state index contributed by atoms with van der Waals surface area (Å²) in [5.74, 6) is 0. The van der Waals surface area contributed by atoms with E-state index in [1.54, 1.807) is 0 Å². The minimum atomic E-state index is 1.12. The van der Waals surface area contributed by atoms with E-state index in [1.165, 1.54) is 69.6 Å². The van der Waals surface area contributed by atoms with Crippen molar-refractivity contribution in [2.24, 2.45) is 0 Å². The van der Waals surface area contributed by atoms with E-state index in [2.05, 4.69) is 191 Å². The highest BCUT2D eigenvalue weighted by Crippen LogP contribution is 2.48. The van der Waals surface area contributed by atoms with Crippen LogP contribution in [-0.4, -0.2) is 4.57 Å². The minimum absolute atomic E-state index is 1.12. The fourth-order valence-corrected chi connectivity index (χ4v) is 8.77. The first-order valence-corrected chi connectivity index (χ1v) is 17.5. The Morgan fingerprint density at radius 2 is 1.12 bits per heavy atom. The Morgan fingerprint density at radius 1 is 0.429 bits per heavy atom. The number of para-hydroxylation sites is 3. The second-order valence-corrected chi connectivity index (χ2v) is 13.6. The van der Waals surface area contributed by atoms with Gasteiger partial charge in [0, 0.05) is 53.3 Å². The Balaban J connectivity index is 1.32. The van der Waals surface area contributed by atoms with Gasteiger partial charge in [-0.05, 0) is 71.6 Å². The van der Waals surface area contributed by atoms with Crippen LogP contribution >= 0.6 is 11.3 Å². The quantitative estimate of drug-likeness (QED) is 0.181. The zero-order valence-electron chi connectivity index (χ0n) is 26.6. The molecule has 0 radical (unpaired) electrons. The third-order valence-electron chi connectivity index (χ3n) is 9.76. The number of thiophene rings is 1. The van der Waals surface area contributed by atoms with Crippen LogP contribution in [0.2, 0.25) is 0 Å². The molecular weight excluding hydrogens is 613 g/mol. The molecule has 0 N–H and O–H groups in total. The molecule has 0 saturated heterocycles. The number of aromatic nitrogens is 1. The van der Waals surface area contributed by atoms with Gasteiger partial charge < -0.3 is 9.47 Å². The highest BCUT2D eigenvalue weighted by Gasteiger charge is 2.23. The van der Waals surface area contributed by atoms with Gasteiger partial charge in [-0.2, -0.15) is 0 Å². The average molecular weight is 643 g/mol. The zero-order chi connectivity index (χ0) is 32.3. The highest BCUT2D eigenvalue weighted by molar-refractivity contribution is 7.26. The summed E-state index contributed by atoms with van der Waals surface area (Å²) < 4.78 is 5.00. The van der Waals surface area contributed by atoms with Crippen LogP contribution < -0.4 is 4.90 Å². The largest absolute Gasteiger partial charge is 0.309 e. The second-order valence-electron chi connectivity index (χ2n) is 12.5. The van der Waals surface area contributed by atoms with E-state index in [0.29, 0.717) is 0 Å². The van der Waals surface area contributed by atoms with E-state index in [1.807, 2.05) is 11.3 Å². The molecule has 0 aliphatic rings. The van der Waals surface area contributed by atoms with Crippen molar-refractivity contribution >= 4 is 81.1 Å². The summed E-state index contributed by atoms with van der Waals surface area (Å²) in [6, 6.07) is 66.2. The first-order valence-electron chi connectivity index (χ1n) is 16.7. The highest BCUT2D eigenvalue weighted by atomic mass is 32.1. The first kappa shape index (κ1) is 27.9. The van der Waals surface area contributed by atoms with Gasteiger partial charge in [-0.1, -0.05) is 121 Å². The molecule has 0 unspecified atom stereocenters. The molecule has 2 aromatic heterocycles. The lowest BCUT2D eigenvalue weighted by atomic mass is 9.98. The summed E-state index contributed by atoms with van der Waals surface area (Å²) in [6.07, 6.45) is 0. The van der Waals surface area contributed by atoms with Crippen molar-refractivity contribution < 1.29 is 0 Å². The fraction of sp³-hybridized carbons (Fsp3) is 0. The molecule has 10 aromatic rings. The van der Waals surface area contributed by atoms with Gasteiger partial charge in [-0.25, -0.2) is 0 Å². The second kappa shape index (κ2) is 11.2. The summed E-state index contributed by atoms with van der Waals surface area (Å²) in [6.45, 7) is 0. The maximum Gasteiger partial charge on any atom is 0.0547 e. The topological polar surface area (TPSA) is 8.17 Å². The number of fused-ring (bicyclic) bond motifs is 8. The molecule has 0 atom stereocenters. The third-order valence-corrected chi connectivity index (χ3v) is 10.9. The minimum Gasteiger partial charge on any atom is -0.309 e. The van der Waals surface area contributed by atoms with Crippen LogP contribution in [0, 0.1) is 0 Å². The molecule has 0 aliphatic heterocycles. The number of hydrogen-bond donors (Lipinski definition) is 0. The van der Waals surface area contributed by atoms with Crippen LogP contribution in [0.5, 0.6) is 0 Å². The Bertz CT molecular complexity index is 2830. The normalized spacial score (nSPS) is 11.7. The lowest BCUT2D eigenvalue weighted by molar-refractivity contribution is 1.18. The summed E-state index contributed by atoms with van der Waals surface area (Å²) in [4.78, 5) is 2.49. The lowest BCUT2D eigenvalue weighted by Gasteiger charge is -2.29. The molecule has 8 aromatic carbocycles. The number of rotatable bonds is 5. The molecule has 2 nitrogen and oxygen atoms in total. The van der Waals surface area contributed by atoms with E-state index < -0.39 is 0 Å². The number of anilines is 3. The lowest BCUT2D eigenvalue weighted by Crippen LogP contribution is -2.12. The summed E-state index contributed by atoms with van der Waals surface area (Å²) in [5, 5.41) is 7.59. The maximum absolute atomic E-state index is 2.49. The Kier molecular flexibility index (Phi) is 6.39. The zero-order valence-corrected chi connectivity index (χ0v) is 27.4. The van der Waals surface area contributed by atoms with Crippen molar-refractivity contribution in [1.29, 1.82) is 0 Å². The van der Waals surface area contributed by atoms with E-state index in [0.717, 1.165) is 17.1 Å².